The summed E-state index contributed by atoms with van der Waals surface area (Å²) in [4.78, 5) is 8.43. The molecule has 3 heterocycles. The van der Waals surface area contributed by atoms with E-state index in [9.17, 15) is 8.42 Å². The SMILES string of the molecule is Cc1noc([C@@H]2CC[C@H](CN(Cc3ncnn3CC(C)C)S(C)(=O)=O)O2)n1. The highest BCUT2D eigenvalue weighted by Gasteiger charge is 2.33. The average molecular weight is 398 g/mol. The second-order valence-electron chi connectivity index (χ2n) is 7.31. The van der Waals surface area contributed by atoms with Gasteiger partial charge in [-0.1, -0.05) is 19.0 Å². The minimum absolute atomic E-state index is 0.162. The van der Waals surface area contributed by atoms with Crippen LogP contribution < -0.4 is 0 Å². The molecular formula is C16H26N6O4S. The first-order valence-electron chi connectivity index (χ1n) is 9.00. The number of hydrogen-bond donors (Lipinski definition) is 0. The number of ether oxygens (including phenoxy) is 1. The Morgan fingerprint density at radius 1 is 1.37 bits per heavy atom. The van der Waals surface area contributed by atoms with Gasteiger partial charge in [0.1, 0.15) is 18.3 Å². The van der Waals surface area contributed by atoms with Gasteiger partial charge in [0.15, 0.2) is 5.82 Å². The monoisotopic (exact) mass is 398 g/mol. The summed E-state index contributed by atoms with van der Waals surface area (Å²) in [6, 6.07) is 0. The Balaban J connectivity index is 1.67. The van der Waals surface area contributed by atoms with Gasteiger partial charge in [0.05, 0.1) is 18.9 Å². The molecule has 2 aromatic rings. The molecule has 1 fully saturated rings. The van der Waals surface area contributed by atoms with E-state index in [1.54, 1.807) is 11.6 Å². The van der Waals surface area contributed by atoms with Gasteiger partial charge in [-0.25, -0.2) is 18.1 Å². The van der Waals surface area contributed by atoms with Crippen molar-refractivity contribution >= 4 is 10.0 Å². The van der Waals surface area contributed by atoms with E-state index in [2.05, 4.69) is 34.1 Å². The molecule has 0 radical (unpaired) electrons. The second kappa shape index (κ2) is 8.03. The third-order valence-corrected chi connectivity index (χ3v) is 5.57. The minimum Gasteiger partial charge on any atom is -0.364 e. The lowest BCUT2D eigenvalue weighted by Crippen LogP contribution is -2.37. The van der Waals surface area contributed by atoms with Crippen LogP contribution in [0.25, 0.3) is 0 Å². The van der Waals surface area contributed by atoms with E-state index in [1.807, 2.05) is 0 Å². The predicted molar refractivity (Wildman–Crippen MR) is 96.0 cm³/mol. The molecule has 1 aliphatic rings. The molecule has 0 aliphatic carbocycles. The van der Waals surface area contributed by atoms with Crippen molar-refractivity contribution in [3.63, 3.8) is 0 Å². The predicted octanol–water partition coefficient (Wildman–Crippen LogP) is 1.31. The summed E-state index contributed by atoms with van der Waals surface area (Å²) in [5, 5.41) is 7.98. The van der Waals surface area contributed by atoms with Gasteiger partial charge in [-0.15, -0.1) is 0 Å². The molecule has 0 amide bonds. The van der Waals surface area contributed by atoms with E-state index in [0.717, 1.165) is 6.42 Å². The number of rotatable bonds is 8. The zero-order chi connectivity index (χ0) is 19.6. The van der Waals surface area contributed by atoms with Crippen LogP contribution in [0, 0.1) is 12.8 Å². The molecule has 0 N–H and O–H groups in total. The average Bonchev–Trinajstić information content (AvgIpc) is 3.27. The molecule has 1 saturated heterocycles. The van der Waals surface area contributed by atoms with Crippen molar-refractivity contribution in [3.8, 4) is 0 Å². The van der Waals surface area contributed by atoms with Crippen molar-refractivity contribution in [1.82, 2.24) is 29.2 Å². The molecule has 3 rings (SSSR count). The van der Waals surface area contributed by atoms with E-state index >= 15 is 0 Å². The number of aryl methyl sites for hydroxylation is 1. The molecule has 0 aromatic carbocycles. The zero-order valence-electron chi connectivity index (χ0n) is 16.1. The van der Waals surface area contributed by atoms with Gasteiger partial charge in [-0.05, 0) is 25.7 Å². The van der Waals surface area contributed by atoms with Crippen molar-refractivity contribution in [2.24, 2.45) is 5.92 Å². The Kier molecular flexibility index (Phi) is 5.92. The van der Waals surface area contributed by atoms with Crippen molar-refractivity contribution in [2.75, 3.05) is 12.8 Å². The number of nitrogens with zero attached hydrogens (tertiary/aromatic N) is 6. The van der Waals surface area contributed by atoms with Crippen LogP contribution in [0.3, 0.4) is 0 Å². The molecule has 2 aromatic heterocycles. The maximum Gasteiger partial charge on any atom is 0.255 e. The fourth-order valence-corrected chi connectivity index (χ4v) is 3.86. The third kappa shape index (κ3) is 5.11. The van der Waals surface area contributed by atoms with Crippen LogP contribution in [0.2, 0.25) is 0 Å². The first-order valence-corrected chi connectivity index (χ1v) is 10.8. The van der Waals surface area contributed by atoms with Crippen molar-refractivity contribution in [1.29, 1.82) is 0 Å². The summed E-state index contributed by atoms with van der Waals surface area (Å²) in [5.41, 5.74) is 0. The number of hydrogen-bond acceptors (Lipinski definition) is 8. The van der Waals surface area contributed by atoms with Crippen molar-refractivity contribution < 1.29 is 17.7 Å². The van der Waals surface area contributed by atoms with Crippen LogP contribution in [0.15, 0.2) is 10.9 Å². The Morgan fingerprint density at radius 2 is 2.15 bits per heavy atom. The lowest BCUT2D eigenvalue weighted by Gasteiger charge is -2.23. The highest BCUT2D eigenvalue weighted by atomic mass is 32.2. The number of sulfonamides is 1. The van der Waals surface area contributed by atoms with Gasteiger partial charge < -0.3 is 9.26 Å². The van der Waals surface area contributed by atoms with E-state index in [4.69, 9.17) is 9.26 Å². The third-order valence-electron chi connectivity index (χ3n) is 4.35. The summed E-state index contributed by atoms with van der Waals surface area (Å²) >= 11 is 0. The van der Waals surface area contributed by atoms with Crippen LogP contribution in [0.5, 0.6) is 0 Å². The Hall–Kier alpha value is -1.85. The van der Waals surface area contributed by atoms with Gasteiger partial charge in [-0.3, -0.25) is 0 Å². The standard InChI is InChI=1S/C16H26N6O4S/c1-11(2)7-22-15(17-10-18-22)9-21(27(4,23)24)8-13-5-6-14(25-13)16-19-12(3)20-26-16/h10-11,13-14H,5-9H2,1-4H3/t13-,14+/m1/s1. The first-order chi connectivity index (χ1) is 12.7. The molecule has 27 heavy (non-hydrogen) atoms. The Labute approximate surface area is 159 Å². The molecule has 150 valence electrons. The van der Waals surface area contributed by atoms with Crippen LogP contribution in [-0.2, 0) is 27.8 Å². The van der Waals surface area contributed by atoms with E-state index in [1.165, 1.54) is 16.9 Å². The summed E-state index contributed by atoms with van der Waals surface area (Å²) in [6.07, 6.45) is 3.56. The van der Waals surface area contributed by atoms with Gasteiger partial charge in [0, 0.05) is 13.1 Å². The Bertz CT molecular complexity index is 862. The molecule has 2 atom stereocenters. The molecular weight excluding hydrogens is 372 g/mol. The fraction of sp³-hybridized carbons (Fsp3) is 0.750. The molecule has 11 heteroatoms. The normalized spacial score (nSPS) is 20.8. The van der Waals surface area contributed by atoms with E-state index < -0.39 is 10.0 Å². The van der Waals surface area contributed by atoms with Gasteiger partial charge in [0.2, 0.25) is 10.0 Å². The van der Waals surface area contributed by atoms with Crippen LogP contribution >= 0.6 is 0 Å². The molecule has 10 nitrogen and oxygen atoms in total. The van der Waals surface area contributed by atoms with Crippen LogP contribution in [-0.4, -0.2) is 56.5 Å². The summed E-state index contributed by atoms with van der Waals surface area (Å²) < 4.78 is 38.9. The van der Waals surface area contributed by atoms with Gasteiger partial charge in [0.25, 0.3) is 5.89 Å². The quantitative estimate of drug-likeness (QED) is 0.653. The largest absolute Gasteiger partial charge is 0.364 e. The van der Waals surface area contributed by atoms with Crippen molar-refractivity contribution in [2.45, 2.75) is 58.9 Å². The van der Waals surface area contributed by atoms with Crippen molar-refractivity contribution in [3.05, 3.63) is 23.9 Å². The highest BCUT2D eigenvalue weighted by molar-refractivity contribution is 7.88. The zero-order valence-corrected chi connectivity index (χ0v) is 16.9. The summed E-state index contributed by atoms with van der Waals surface area (Å²) in [7, 11) is -3.43. The van der Waals surface area contributed by atoms with Gasteiger partial charge >= 0.3 is 0 Å². The maximum absolute atomic E-state index is 12.3. The minimum atomic E-state index is -3.43. The Morgan fingerprint density at radius 3 is 2.78 bits per heavy atom. The molecule has 0 spiro atoms. The smallest absolute Gasteiger partial charge is 0.255 e. The van der Waals surface area contributed by atoms with Crippen LogP contribution in [0.4, 0.5) is 0 Å². The number of aromatic nitrogens is 5. The fourth-order valence-electron chi connectivity index (χ4n) is 3.08. The lowest BCUT2D eigenvalue weighted by molar-refractivity contribution is 0.0169. The topological polar surface area (TPSA) is 116 Å². The summed E-state index contributed by atoms with van der Waals surface area (Å²) in [6.45, 7) is 6.99. The highest BCUT2D eigenvalue weighted by Crippen LogP contribution is 2.32. The summed E-state index contributed by atoms with van der Waals surface area (Å²) in [5.74, 6) is 2.00. The maximum atomic E-state index is 12.3. The second-order valence-corrected chi connectivity index (χ2v) is 9.29. The molecule has 0 unspecified atom stereocenters. The molecule has 1 aliphatic heterocycles. The van der Waals surface area contributed by atoms with Crippen LogP contribution in [0.1, 0.15) is 50.3 Å². The van der Waals surface area contributed by atoms with E-state index in [-0.39, 0.29) is 25.3 Å². The lowest BCUT2D eigenvalue weighted by atomic mass is 10.2. The van der Waals surface area contributed by atoms with E-state index in [0.29, 0.717) is 36.4 Å². The van der Waals surface area contributed by atoms with Gasteiger partial charge in [-0.2, -0.15) is 14.4 Å². The molecule has 0 bridgehead atoms. The first kappa shape index (κ1) is 19.9. The molecule has 0 saturated carbocycles.